The maximum absolute atomic E-state index is 11.9. The Kier molecular flexibility index (Phi) is 4.85. The average molecular weight is 371 g/mol. The van der Waals surface area contributed by atoms with E-state index < -0.39 is 0 Å². The van der Waals surface area contributed by atoms with Crippen LogP contribution in [0.5, 0.6) is 11.5 Å². The van der Waals surface area contributed by atoms with E-state index in [-0.39, 0.29) is 18.0 Å². The maximum Gasteiger partial charge on any atom is 0.274 e. The van der Waals surface area contributed by atoms with E-state index >= 15 is 0 Å². The number of fused-ring (bicyclic) bond motifs is 1. The second kappa shape index (κ2) is 7.24. The van der Waals surface area contributed by atoms with Gasteiger partial charge in [0.1, 0.15) is 11.5 Å². The van der Waals surface area contributed by atoms with Crippen LogP contribution >= 0.6 is 12.4 Å². The number of aromatic amines is 1. The van der Waals surface area contributed by atoms with Gasteiger partial charge in [0, 0.05) is 29.8 Å². The molecule has 132 valence electrons. The van der Waals surface area contributed by atoms with Crippen LogP contribution in [0.3, 0.4) is 0 Å². The lowest BCUT2D eigenvalue weighted by molar-refractivity contribution is 0.482. The number of H-pyrrole nitrogens is 1. The minimum Gasteiger partial charge on any atom is -0.457 e. The number of halogens is 1. The molecule has 0 spiro atoms. The number of pyridine rings is 1. The summed E-state index contributed by atoms with van der Waals surface area (Å²) < 4.78 is 7.00. The molecule has 3 heterocycles. The molecule has 0 saturated heterocycles. The zero-order valence-electron chi connectivity index (χ0n) is 13.7. The molecule has 0 aliphatic carbocycles. The van der Waals surface area contributed by atoms with E-state index in [4.69, 9.17) is 4.74 Å². The molecule has 0 aliphatic rings. The molecular formula is C17H15ClN6O2. The van der Waals surface area contributed by atoms with Gasteiger partial charge in [-0.2, -0.15) is 9.50 Å². The van der Waals surface area contributed by atoms with Crippen molar-refractivity contribution in [1.29, 1.82) is 0 Å². The summed E-state index contributed by atoms with van der Waals surface area (Å²) in [5, 5.41) is 5.97. The van der Waals surface area contributed by atoms with Crippen LogP contribution in [0.1, 0.15) is 5.69 Å². The van der Waals surface area contributed by atoms with Crippen LogP contribution in [-0.2, 0) is 0 Å². The first-order chi connectivity index (χ1) is 12.2. The van der Waals surface area contributed by atoms with Gasteiger partial charge in [0.15, 0.2) is 0 Å². The van der Waals surface area contributed by atoms with Gasteiger partial charge in [0.2, 0.25) is 5.95 Å². The van der Waals surface area contributed by atoms with E-state index in [2.05, 4.69) is 25.4 Å². The van der Waals surface area contributed by atoms with Gasteiger partial charge < -0.3 is 10.1 Å². The van der Waals surface area contributed by atoms with Gasteiger partial charge in [-0.25, -0.2) is 4.98 Å². The highest BCUT2D eigenvalue weighted by molar-refractivity contribution is 5.85. The van der Waals surface area contributed by atoms with Crippen molar-refractivity contribution in [2.75, 3.05) is 5.32 Å². The number of hydrogen-bond donors (Lipinski definition) is 2. The third-order valence-electron chi connectivity index (χ3n) is 3.46. The molecule has 0 saturated carbocycles. The predicted molar refractivity (Wildman–Crippen MR) is 99.6 cm³/mol. The van der Waals surface area contributed by atoms with E-state index in [1.807, 2.05) is 24.3 Å². The van der Waals surface area contributed by atoms with Crippen molar-refractivity contribution < 1.29 is 4.74 Å². The quantitative estimate of drug-likeness (QED) is 0.573. The molecule has 2 N–H and O–H groups in total. The third kappa shape index (κ3) is 3.65. The minimum absolute atomic E-state index is 0. The first-order valence-corrected chi connectivity index (χ1v) is 7.59. The molecule has 4 rings (SSSR count). The van der Waals surface area contributed by atoms with Crippen LogP contribution < -0.4 is 15.6 Å². The molecular weight excluding hydrogens is 356 g/mol. The summed E-state index contributed by atoms with van der Waals surface area (Å²) in [7, 11) is 0. The lowest BCUT2D eigenvalue weighted by Gasteiger charge is -2.06. The second-order valence-corrected chi connectivity index (χ2v) is 5.38. The SMILES string of the molecule is Cc1cc(=O)n2[nH]c(Nc3ccc(Oc4ccncc4)cc3)nc2n1.Cl. The van der Waals surface area contributed by atoms with Crippen LogP contribution in [0.4, 0.5) is 11.6 Å². The normalized spacial score (nSPS) is 10.3. The molecule has 0 atom stereocenters. The van der Waals surface area contributed by atoms with Crippen LogP contribution in [-0.4, -0.2) is 24.6 Å². The van der Waals surface area contributed by atoms with Crippen LogP contribution in [0.15, 0.2) is 59.7 Å². The van der Waals surface area contributed by atoms with E-state index in [9.17, 15) is 4.79 Å². The summed E-state index contributed by atoms with van der Waals surface area (Å²) in [6, 6.07) is 12.4. The lowest BCUT2D eigenvalue weighted by atomic mass is 10.3. The summed E-state index contributed by atoms with van der Waals surface area (Å²) in [6.07, 6.45) is 3.34. The van der Waals surface area contributed by atoms with Gasteiger partial charge >= 0.3 is 0 Å². The Bertz CT molecular complexity index is 1080. The van der Waals surface area contributed by atoms with E-state index in [1.165, 1.54) is 10.6 Å². The number of aromatic nitrogens is 5. The van der Waals surface area contributed by atoms with Crippen molar-refractivity contribution in [3.05, 3.63) is 70.9 Å². The Morgan fingerprint density at radius 1 is 1.04 bits per heavy atom. The molecule has 9 heteroatoms. The second-order valence-electron chi connectivity index (χ2n) is 5.38. The molecule has 0 unspecified atom stereocenters. The van der Waals surface area contributed by atoms with E-state index in [0.717, 1.165) is 5.69 Å². The first kappa shape index (κ1) is 17.4. The molecule has 0 bridgehead atoms. The van der Waals surface area contributed by atoms with Crippen LogP contribution in [0.25, 0.3) is 5.78 Å². The van der Waals surface area contributed by atoms with Crippen molar-refractivity contribution in [2.45, 2.75) is 6.92 Å². The van der Waals surface area contributed by atoms with E-state index in [0.29, 0.717) is 28.9 Å². The monoisotopic (exact) mass is 370 g/mol. The number of nitrogens with one attached hydrogen (secondary N) is 2. The zero-order chi connectivity index (χ0) is 17.2. The first-order valence-electron chi connectivity index (χ1n) is 7.59. The fourth-order valence-corrected chi connectivity index (χ4v) is 2.33. The Balaban J connectivity index is 0.00000196. The van der Waals surface area contributed by atoms with Crippen molar-refractivity contribution in [3.63, 3.8) is 0 Å². The number of hydrogen-bond acceptors (Lipinski definition) is 6. The number of anilines is 2. The summed E-state index contributed by atoms with van der Waals surface area (Å²) in [6.45, 7) is 1.75. The van der Waals surface area contributed by atoms with Gasteiger partial charge in [0.25, 0.3) is 11.3 Å². The molecule has 3 aromatic heterocycles. The van der Waals surface area contributed by atoms with Gasteiger partial charge in [-0.1, -0.05) is 0 Å². The number of nitrogens with zero attached hydrogens (tertiary/aromatic N) is 4. The van der Waals surface area contributed by atoms with Crippen molar-refractivity contribution in [2.24, 2.45) is 0 Å². The Hall–Kier alpha value is -3.39. The highest BCUT2D eigenvalue weighted by Gasteiger charge is 2.07. The summed E-state index contributed by atoms with van der Waals surface area (Å²) in [4.78, 5) is 24.3. The van der Waals surface area contributed by atoms with Gasteiger partial charge in [0.05, 0.1) is 0 Å². The Morgan fingerprint density at radius 3 is 2.46 bits per heavy atom. The molecule has 26 heavy (non-hydrogen) atoms. The van der Waals surface area contributed by atoms with E-state index in [1.54, 1.807) is 31.5 Å². The molecule has 1 aromatic carbocycles. The van der Waals surface area contributed by atoms with Crippen molar-refractivity contribution >= 4 is 29.8 Å². The maximum atomic E-state index is 11.9. The fourth-order valence-electron chi connectivity index (χ4n) is 2.33. The molecule has 0 fully saturated rings. The number of aryl methyl sites for hydroxylation is 1. The number of benzene rings is 1. The summed E-state index contributed by atoms with van der Waals surface area (Å²) >= 11 is 0. The Labute approximate surface area is 154 Å². The standard InChI is InChI=1S/C17H14N6O2.ClH/c1-11-10-15(24)23-17(19-11)21-16(22-23)20-12-2-4-13(5-3-12)25-14-6-8-18-9-7-14;/h2-10H,1H3,(H2,19,20,21,22);1H. The predicted octanol–water partition coefficient (Wildman–Crippen LogP) is 3.08. The average Bonchev–Trinajstić information content (AvgIpc) is 3.00. The van der Waals surface area contributed by atoms with Crippen molar-refractivity contribution in [3.8, 4) is 11.5 Å². The summed E-state index contributed by atoms with van der Waals surface area (Å²) in [5.41, 5.74) is 1.22. The molecule has 0 amide bonds. The van der Waals surface area contributed by atoms with Gasteiger partial charge in [-0.05, 0) is 43.3 Å². The largest absolute Gasteiger partial charge is 0.457 e. The van der Waals surface area contributed by atoms with Crippen LogP contribution in [0, 0.1) is 6.92 Å². The van der Waals surface area contributed by atoms with Gasteiger partial charge in [-0.15, -0.1) is 12.4 Å². The Morgan fingerprint density at radius 2 is 1.73 bits per heavy atom. The molecule has 4 aromatic rings. The van der Waals surface area contributed by atoms with Gasteiger partial charge in [-0.3, -0.25) is 14.9 Å². The fraction of sp³-hybridized carbons (Fsp3) is 0.0588. The third-order valence-corrected chi connectivity index (χ3v) is 3.46. The number of rotatable bonds is 4. The molecule has 0 radical (unpaired) electrons. The minimum atomic E-state index is -0.204. The molecule has 0 aliphatic heterocycles. The highest BCUT2D eigenvalue weighted by atomic mass is 35.5. The number of ether oxygens (including phenoxy) is 1. The van der Waals surface area contributed by atoms with Crippen molar-refractivity contribution in [1.82, 2.24) is 24.6 Å². The highest BCUT2D eigenvalue weighted by Crippen LogP contribution is 2.23. The molecule has 8 nitrogen and oxygen atoms in total. The summed E-state index contributed by atoms with van der Waals surface area (Å²) in [5.74, 6) is 2.17. The topological polar surface area (TPSA) is 97.2 Å². The van der Waals surface area contributed by atoms with Crippen LogP contribution in [0.2, 0.25) is 0 Å². The lowest BCUT2D eigenvalue weighted by Crippen LogP contribution is -2.14. The smallest absolute Gasteiger partial charge is 0.274 e. The zero-order valence-corrected chi connectivity index (χ0v) is 14.5.